The lowest BCUT2D eigenvalue weighted by molar-refractivity contribution is -0.000604. The fourth-order valence-electron chi connectivity index (χ4n) is 2.51. The third-order valence-corrected chi connectivity index (χ3v) is 6.88. The molecule has 0 N–H and O–H groups in total. The van der Waals surface area contributed by atoms with Crippen molar-refractivity contribution in [1.82, 2.24) is 0 Å². The van der Waals surface area contributed by atoms with Gasteiger partial charge in [-0.3, -0.25) is 0 Å². The van der Waals surface area contributed by atoms with E-state index in [-0.39, 0.29) is 0 Å². The van der Waals surface area contributed by atoms with Crippen molar-refractivity contribution in [2.24, 2.45) is 0 Å². The molecule has 37 heavy (non-hydrogen) atoms. The predicted molar refractivity (Wildman–Crippen MR) is 158 cm³/mol. The first kappa shape index (κ1) is 37.8. The lowest BCUT2D eigenvalue weighted by atomic mass is 10.2. The monoisotopic (exact) mass is 590 g/mol. The molecule has 0 rings (SSSR count). The van der Waals surface area contributed by atoms with Crippen LogP contribution in [0.1, 0.15) is 20.8 Å². The van der Waals surface area contributed by atoms with E-state index in [1.807, 2.05) is 35.3 Å². The third-order valence-electron chi connectivity index (χ3n) is 4.29. The molecule has 0 saturated carbocycles. The number of ether oxygens (including phenoxy) is 6. The quantitative estimate of drug-likeness (QED) is 0.0830. The van der Waals surface area contributed by atoms with Gasteiger partial charge in [-0.1, -0.05) is 20.8 Å². The van der Waals surface area contributed by atoms with Gasteiger partial charge in [0.25, 0.3) is 0 Å². The Morgan fingerprint density at radius 3 is 0.865 bits per heavy atom. The Hall–Kier alpha value is 0.755. The maximum absolute atomic E-state index is 5.69. The number of rotatable bonds is 33. The number of thioether (sulfide) groups is 3. The molecule has 0 aromatic heterocycles. The summed E-state index contributed by atoms with van der Waals surface area (Å²) >= 11 is 5.60. The van der Waals surface area contributed by atoms with E-state index in [9.17, 15) is 0 Å². The van der Waals surface area contributed by atoms with Crippen LogP contribution in [0.15, 0.2) is 0 Å². The molecule has 0 aromatic rings. The van der Waals surface area contributed by atoms with Crippen LogP contribution in [-0.4, -0.2) is 141 Å². The van der Waals surface area contributed by atoms with Crippen LogP contribution in [-0.2, 0) is 42.4 Å². The predicted octanol–water partition coefficient (Wildman–Crippen LogP) is 3.38. The van der Waals surface area contributed by atoms with Gasteiger partial charge in [0.15, 0.2) is 0 Å². The summed E-state index contributed by atoms with van der Waals surface area (Å²) < 4.78 is 50.3. The first-order valence-corrected chi connectivity index (χ1v) is 16.9. The first-order valence-electron chi connectivity index (χ1n) is 13.4. The first-order chi connectivity index (χ1) is 18.3. The fraction of sp³-hybridized carbons (Fsp3) is 1.00. The molecular weight excluding hydrogens is 539 g/mol. The van der Waals surface area contributed by atoms with E-state index >= 15 is 0 Å². The fourth-order valence-corrected chi connectivity index (χ4v) is 4.08. The Labute approximate surface area is 238 Å². The van der Waals surface area contributed by atoms with Crippen LogP contribution in [0.4, 0.5) is 0 Å². The van der Waals surface area contributed by atoms with Crippen LogP contribution >= 0.6 is 35.3 Å². The zero-order valence-corrected chi connectivity index (χ0v) is 25.8. The van der Waals surface area contributed by atoms with Crippen molar-refractivity contribution in [1.29, 1.82) is 0 Å². The van der Waals surface area contributed by atoms with Gasteiger partial charge in [0, 0.05) is 17.3 Å². The van der Waals surface area contributed by atoms with Gasteiger partial charge in [0.1, 0.15) is 0 Å². The zero-order chi connectivity index (χ0) is 26.9. The largest absolute Gasteiger partial charge is 0.639 e. The molecule has 0 atom stereocenters. The highest BCUT2D eigenvalue weighted by molar-refractivity contribution is 7.99. The Kier molecular flexibility index (Phi) is 35.5. The summed E-state index contributed by atoms with van der Waals surface area (Å²) in [5, 5.41) is 0. The lowest BCUT2D eigenvalue weighted by Crippen LogP contribution is -2.32. The minimum atomic E-state index is -0.803. The smallest absolute Gasteiger partial charge is 0.383 e. The Balaban J connectivity index is 3.87. The normalized spacial score (nSPS) is 11.4. The van der Waals surface area contributed by atoms with Crippen molar-refractivity contribution in [2.45, 2.75) is 20.8 Å². The van der Waals surface area contributed by atoms with E-state index in [1.165, 1.54) is 0 Å². The van der Waals surface area contributed by atoms with Crippen molar-refractivity contribution < 1.29 is 42.4 Å². The van der Waals surface area contributed by atoms with E-state index in [0.717, 1.165) is 54.3 Å². The Bertz CT molecular complexity index is 365. The molecule has 0 aliphatic rings. The summed E-state index contributed by atoms with van der Waals surface area (Å²) in [5.41, 5.74) is 0. The average Bonchev–Trinajstić information content (AvgIpc) is 2.91. The van der Waals surface area contributed by atoms with Crippen molar-refractivity contribution in [3.8, 4) is 0 Å². The molecule has 0 spiro atoms. The second-order valence-electron chi connectivity index (χ2n) is 7.17. The molecule has 0 fully saturated rings. The van der Waals surface area contributed by atoms with E-state index in [2.05, 4.69) is 20.8 Å². The second-order valence-corrected chi connectivity index (χ2v) is 11.3. The van der Waals surface area contributed by atoms with Crippen LogP contribution in [0, 0.1) is 0 Å². The molecule has 0 aromatic carbocycles. The maximum atomic E-state index is 5.69. The standard InChI is InChI=1S/C24H51BO9S3/c1-4-35-22-19-29-10-7-26-13-16-32-25(33-17-14-27-8-11-30-20-23-36-5-2)34-18-15-28-9-12-31-21-24-37-6-3/h4-24H2,1-3H3. The third kappa shape index (κ3) is 32.9. The van der Waals surface area contributed by atoms with Gasteiger partial charge in [-0.05, 0) is 17.3 Å². The highest BCUT2D eigenvalue weighted by Crippen LogP contribution is 1.99. The summed E-state index contributed by atoms with van der Waals surface area (Å²) in [7, 11) is -0.803. The average molecular weight is 591 g/mol. The highest BCUT2D eigenvalue weighted by atomic mass is 32.2. The molecular formula is C24H51BO9S3. The van der Waals surface area contributed by atoms with Gasteiger partial charge >= 0.3 is 7.32 Å². The Morgan fingerprint density at radius 2 is 0.595 bits per heavy atom. The van der Waals surface area contributed by atoms with E-state index in [1.54, 1.807) is 0 Å². The van der Waals surface area contributed by atoms with Crippen LogP contribution in [0.3, 0.4) is 0 Å². The summed E-state index contributed by atoms with van der Waals surface area (Å²) in [6.45, 7) is 14.4. The molecule has 13 heteroatoms. The van der Waals surface area contributed by atoms with Crippen LogP contribution in [0.25, 0.3) is 0 Å². The minimum Gasteiger partial charge on any atom is -0.383 e. The zero-order valence-electron chi connectivity index (χ0n) is 23.3. The van der Waals surface area contributed by atoms with Gasteiger partial charge in [0.2, 0.25) is 0 Å². The molecule has 0 aliphatic carbocycles. The molecule has 0 heterocycles. The molecule has 0 radical (unpaired) electrons. The number of hydrogen-bond donors (Lipinski definition) is 0. The second kappa shape index (κ2) is 34.8. The summed E-state index contributed by atoms with van der Waals surface area (Å²) in [6.07, 6.45) is 0. The topological polar surface area (TPSA) is 83.1 Å². The number of hydrogen-bond acceptors (Lipinski definition) is 12. The molecule has 0 saturated heterocycles. The molecule has 9 nitrogen and oxygen atoms in total. The molecule has 0 amide bonds. The maximum Gasteiger partial charge on any atom is 0.639 e. The van der Waals surface area contributed by atoms with E-state index in [4.69, 9.17) is 42.4 Å². The summed E-state index contributed by atoms with van der Waals surface area (Å²) in [4.78, 5) is 0. The molecule has 0 unspecified atom stereocenters. The van der Waals surface area contributed by atoms with Crippen LogP contribution < -0.4 is 0 Å². The van der Waals surface area contributed by atoms with Gasteiger partial charge in [-0.15, -0.1) is 0 Å². The summed E-state index contributed by atoms with van der Waals surface area (Å²) in [6, 6.07) is 0. The van der Waals surface area contributed by atoms with E-state index < -0.39 is 7.32 Å². The Morgan fingerprint density at radius 1 is 0.351 bits per heavy atom. The van der Waals surface area contributed by atoms with Crippen molar-refractivity contribution >= 4 is 42.6 Å². The van der Waals surface area contributed by atoms with E-state index in [0.29, 0.717) is 79.3 Å². The highest BCUT2D eigenvalue weighted by Gasteiger charge is 2.21. The summed E-state index contributed by atoms with van der Waals surface area (Å²) in [5.74, 6) is 6.38. The SMILES string of the molecule is CCSCCOCCOCCOB(OCCOCCOCCSCC)OCCOCCOCCSCC. The van der Waals surface area contributed by atoms with Gasteiger partial charge < -0.3 is 42.4 Å². The van der Waals surface area contributed by atoms with Gasteiger partial charge in [-0.2, -0.15) is 35.3 Å². The molecule has 0 aliphatic heterocycles. The minimum absolute atomic E-state index is 0.352. The van der Waals surface area contributed by atoms with Crippen molar-refractivity contribution in [2.75, 3.05) is 134 Å². The van der Waals surface area contributed by atoms with Crippen molar-refractivity contribution in [3.63, 3.8) is 0 Å². The molecule has 0 bridgehead atoms. The van der Waals surface area contributed by atoms with Crippen LogP contribution in [0.5, 0.6) is 0 Å². The lowest BCUT2D eigenvalue weighted by Gasteiger charge is -2.15. The molecule has 222 valence electrons. The van der Waals surface area contributed by atoms with Crippen molar-refractivity contribution in [3.05, 3.63) is 0 Å². The van der Waals surface area contributed by atoms with Crippen LogP contribution in [0.2, 0.25) is 0 Å². The van der Waals surface area contributed by atoms with Gasteiger partial charge in [0.05, 0.1) is 99.1 Å². The van der Waals surface area contributed by atoms with Gasteiger partial charge in [-0.25, -0.2) is 0 Å².